The Labute approximate surface area is 321 Å². The first-order valence-electron chi connectivity index (χ1n) is 16.1. The first-order valence-corrected chi connectivity index (χ1v) is 20.7. The van der Waals surface area contributed by atoms with Gasteiger partial charge in [-0.1, -0.05) is 65.7 Å². The summed E-state index contributed by atoms with van der Waals surface area (Å²) in [5, 5.41) is 36.3. The lowest BCUT2D eigenvalue weighted by Gasteiger charge is -2.12. The fourth-order valence-corrected chi connectivity index (χ4v) is 10.9. The molecule has 2 aromatic carbocycles. The summed E-state index contributed by atoms with van der Waals surface area (Å²) < 4.78 is 36.8. The predicted octanol–water partition coefficient (Wildman–Crippen LogP) is 9.90. The van der Waals surface area contributed by atoms with Crippen molar-refractivity contribution < 1.29 is 23.2 Å². The van der Waals surface area contributed by atoms with Crippen LogP contribution in [0.15, 0.2) is 58.1 Å². The number of aliphatic hydroxyl groups excluding tert-OH is 2. The van der Waals surface area contributed by atoms with E-state index in [4.69, 9.17) is 56.6 Å². The molecule has 3 N–H and O–H groups in total. The summed E-state index contributed by atoms with van der Waals surface area (Å²) in [4.78, 5) is 1.77. The minimum atomic E-state index is -4.39. The van der Waals surface area contributed by atoms with Gasteiger partial charge in [0.05, 0.1) is 66.2 Å². The van der Waals surface area contributed by atoms with Crippen LogP contribution in [-0.4, -0.2) is 42.7 Å². The molecule has 0 spiro atoms. The van der Waals surface area contributed by atoms with Gasteiger partial charge in [-0.2, -0.15) is 18.6 Å². The van der Waals surface area contributed by atoms with Crippen molar-refractivity contribution in [1.82, 2.24) is 19.6 Å². The van der Waals surface area contributed by atoms with E-state index in [0.717, 1.165) is 45.0 Å². The molecular weight excluding hydrogens is 794 g/mol. The third-order valence-electron chi connectivity index (χ3n) is 9.34. The standard InChI is InChI=1S/C35H28Cl4N4O5S3/c36-19-6-8-25(23(38)15-19)42-32-21(12-17-10-11-49-34(17)32)30(40-42)27(44)4-2-1-3-5-28(45)31-22-13-18-14-29(51(46,47)48)50-35(18)33(22)43(41-31)26-9-7-20(37)16-24(26)39/h6-11,14-16,27-28,44-45H,1-5,12-13H2,(H,46,47,48). The van der Waals surface area contributed by atoms with Crippen molar-refractivity contribution in [3.8, 4) is 32.5 Å². The maximum absolute atomic E-state index is 11.9. The molecule has 9 nitrogen and oxygen atoms in total. The van der Waals surface area contributed by atoms with Gasteiger partial charge in [-0.05, 0) is 77.9 Å². The number of aliphatic hydroxyl groups is 2. The molecule has 0 bridgehead atoms. The van der Waals surface area contributed by atoms with Gasteiger partial charge in [-0.3, -0.25) is 4.55 Å². The second-order valence-electron chi connectivity index (χ2n) is 12.6. The van der Waals surface area contributed by atoms with E-state index in [0.29, 0.717) is 91.9 Å². The molecule has 2 aliphatic rings. The molecule has 0 amide bonds. The van der Waals surface area contributed by atoms with E-state index in [1.807, 2.05) is 10.7 Å². The number of fused-ring (bicyclic) bond motifs is 6. The van der Waals surface area contributed by atoms with Gasteiger partial charge in [0.25, 0.3) is 0 Å². The highest BCUT2D eigenvalue weighted by atomic mass is 35.5. The lowest BCUT2D eigenvalue weighted by molar-refractivity contribution is 0.148. The zero-order valence-corrected chi connectivity index (χ0v) is 32.0. The Hall–Kier alpha value is -2.75. The first kappa shape index (κ1) is 35.3. The molecule has 2 aliphatic carbocycles. The summed E-state index contributed by atoms with van der Waals surface area (Å²) >= 11 is 28.1. The number of unbranched alkanes of at least 4 members (excludes halogenated alkanes) is 2. The van der Waals surface area contributed by atoms with Crippen molar-refractivity contribution in [1.29, 1.82) is 0 Å². The number of halogens is 4. The molecule has 0 fully saturated rings. The van der Waals surface area contributed by atoms with Gasteiger partial charge in [0.2, 0.25) is 0 Å². The smallest absolute Gasteiger partial charge is 0.304 e. The van der Waals surface area contributed by atoms with Crippen LogP contribution in [0.25, 0.3) is 32.5 Å². The van der Waals surface area contributed by atoms with Crippen molar-refractivity contribution >= 4 is 79.2 Å². The Morgan fingerprint density at radius 3 is 1.78 bits per heavy atom. The van der Waals surface area contributed by atoms with Gasteiger partial charge in [0.1, 0.15) is 4.21 Å². The minimum Gasteiger partial charge on any atom is -0.387 e. The number of hydrogen-bond acceptors (Lipinski definition) is 8. The number of benzene rings is 2. The monoisotopic (exact) mass is 820 g/mol. The van der Waals surface area contributed by atoms with E-state index in [1.54, 1.807) is 46.4 Å². The van der Waals surface area contributed by atoms with E-state index < -0.39 is 22.3 Å². The average Bonchev–Trinajstić information content (AvgIpc) is 3.89. The fourth-order valence-electron chi connectivity index (χ4n) is 6.99. The van der Waals surface area contributed by atoms with E-state index in [2.05, 4.69) is 11.4 Å². The molecule has 6 aromatic rings. The average molecular weight is 823 g/mol. The zero-order chi connectivity index (χ0) is 35.8. The molecule has 0 radical (unpaired) electrons. The lowest BCUT2D eigenvalue weighted by Crippen LogP contribution is -2.05. The normalized spacial score (nSPS) is 14.4. The predicted molar refractivity (Wildman–Crippen MR) is 202 cm³/mol. The molecule has 4 heterocycles. The van der Waals surface area contributed by atoms with Crippen molar-refractivity contribution in [2.45, 2.75) is 61.4 Å². The maximum atomic E-state index is 11.9. The first-order chi connectivity index (χ1) is 24.4. The van der Waals surface area contributed by atoms with E-state index in [-0.39, 0.29) is 4.21 Å². The van der Waals surface area contributed by atoms with E-state index >= 15 is 0 Å². The summed E-state index contributed by atoms with van der Waals surface area (Å²) in [6.45, 7) is 0. The van der Waals surface area contributed by atoms with Gasteiger partial charge in [0, 0.05) is 34.0 Å². The second-order valence-corrected chi connectivity index (χ2v) is 17.9. The third kappa shape index (κ3) is 6.37. The van der Waals surface area contributed by atoms with Crippen LogP contribution in [0, 0.1) is 0 Å². The molecular formula is C35H28Cl4N4O5S3. The minimum absolute atomic E-state index is 0.154. The molecule has 0 saturated heterocycles. The van der Waals surface area contributed by atoms with Crippen molar-refractivity contribution in [2.24, 2.45) is 0 Å². The van der Waals surface area contributed by atoms with Crippen LogP contribution in [0.1, 0.15) is 78.0 Å². The van der Waals surface area contributed by atoms with Gasteiger partial charge in [-0.25, -0.2) is 9.36 Å². The quantitative estimate of drug-likeness (QED) is 0.0875. The number of hydrogen-bond donors (Lipinski definition) is 3. The highest BCUT2D eigenvalue weighted by Crippen LogP contribution is 2.48. The van der Waals surface area contributed by atoms with Crippen LogP contribution in [-0.2, 0) is 23.0 Å². The van der Waals surface area contributed by atoms with Gasteiger partial charge in [-0.15, -0.1) is 22.7 Å². The second kappa shape index (κ2) is 13.6. The molecule has 2 atom stereocenters. The SMILES string of the molecule is O=S(=O)(O)c1cc2c(s1)-c1c(c(C(O)CCCCCC(O)c3nn(-c4ccc(Cl)cc4Cl)c4c3Cc3ccsc3-4)nn1-c1ccc(Cl)cc1Cl)C2. The molecule has 2 unspecified atom stereocenters. The number of thiophene rings is 2. The van der Waals surface area contributed by atoms with Gasteiger partial charge >= 0.3 is 10.1 Å². The Bertz CT molecular complexity index is 2450. The highest BCUT2D eigenvalue weighted by Gasteiger charge is 2.35. The number of aromatic nitrogens is 4. The molecule has 16 heteroatoms. The molecule has 4 aromatic heterocycles. The molecule has 0 aliphatic heterocycles. The summed E-state index contributed by atoms with van der Waals surface area (Å²) in [6.07, 6.45) is 2.44. The summed E-state index contributed by atoms with van der Waals surface area (Å²) in [5.41, 5.74) is 7.67. The van der Waals surface area contributed by atoms with Crippen LogP contribution in [0.4, 0.5) is 0 Å². The lowest BCUT2D eigenvalue weighted by atomic mass is 10.0. The highest BCUT2D eigenvalue weighted by molar-refractivity contribution is 7.88. The number of rotatable bonds is 11. The summed E-state index contributed by atoms with van der Waals surface area (Å²) in [6, 6.07) is 13.9. The molecule has 0 saturated carbocycles. The molecule has 264 valence electrons. The fraction of sp³-hybridized carbons (Fsp3) is 0.257. The van der Waals surface area contributed by atoms with Gasteiger partial charge in [0.15, 0.2) is 0 Å². The maximum Gasteiger partial charge on any atom is 0.304 e. The Balaban J connectivity index is 0.977. The van der Waals surface area contributed by atoms with Crippen molar-refractivity contribution in [3.05, 3.63) is 108 Å². The van der Waals surface area contributed by atoms with Crippen LogP contribution in [0.2, 0.25) is 20.1 Å². The topological polar surface area (TPSA) is 130 Å². The summed E-state index contributed by atoms with van der Waals surface area (Å²) in [7, 11) is -4.39. The van der Waals surface area contributed by atoms with Gasteiger partial charge < -0.3 is 10.2 Å². The van der Waals surface area contributed by atoms with Crippen molar-refractivity contribution in [2.75, 3.05) is 0 Å². The Morgan fingerprint density at radius 2 is 1.25 bits per heavy atom. The van der Waals surface area contributed by atoms with E-state index in [9.17, 15) is 23.2 Å². The Morgan fingerprint density at radius 1 is 0.725 bits per heavy atom. The summed E-state index contributed by atoms with van der Waals surface area (Å²) in [5.74, 6) is 0. The third-order valence-corrected chi connectivity index (χ3v) is 13.9. The van der Waals surface area contributed by atoms with Crippen molar-refractivity contribution in [3.63, 3.8) is 0 Å². The van der Waals surface area contributed by atoms with E-state index in [1.165, 1.54) is 11.6 Å². The van der Waals surface area contributed by atoms with Crippen LogP contribution >= 0.6 is 69.1 Å². The Kier molecular flexibility index (Phi) is 9.40. The zero-order valence-electron chi connectivity index (χ0n) is 26.5. The molecule has 8 rings (SSSR count). The molecule has 51 heavy (non-hydrogen) atoms. The van der Waals surface area contributed by atoms with Crippen LogP contribution in [0.3, 0.4) is 0 Å². The van der Waals surface area contributed by atoms with Crippen LogP contribution in [0.5, 0.6) is 0 Å². The largest absolute Gasteiger partial charge is 0.387 e. The van der Waals surface area contributed by atoms with Crippen LogP contribution < -0.4 is 0 Å². The number of nitrogens with zero attached hydrogens (tertiary/aromatic N) is 4.